The maximum absolute atomic E-state index is 13.8. The van der Waals surface area contributed by atoms with Gasteiger partial charge in [-0.3, -0.25) is 9.79 Å². The molecule has 1 aliphatic heterocycles. The van der Waals surface area contributed by atoms with E-state index in [-0.39, 0.29) is 5.78 Å². The molecule has 0 bridgehead atoms. The molecule has 2 heterocycles. The van der Waals surface area contributed by atoms with Crippen LogP contribution < -0.4 is 14.4 Å². The fourth-order valence-electron chi connectivity index (χ4n) is 4.71. The van der Waals surface area contributed by atoms with Crippen LogP contribution in [0.2, 0.25) is 0 Å². The number of ether oxygens (including phenoxy) is 2. The van der Waals surface area contributed by atoms with Gasteiger partial charge in [-0.15, -0.1) is 0 Å². The molecule has 1 aliphatic carbocycles. The van der Waals surface area contributed by atoms with E-state index in [0.29, 0.717) is 23.2 Å². The molecule has 1 unspecified atom stereocenters. The van der Waals surface area contributed by atoms with E-state index in [1.165, 1.54) is 0 Å². The Morgan fingerprint density at radius 3 is 2.40 bits per heavy atom. The number of carbonyl (C=O) groups is 1. The van der Waals surface area contributed by atoms with Crippen molar-refractivity contribution in [3.63, 3.8) is 0 Å². The largest absolute Gasteiger partial charge is 0.497 e. The van der Waals surface area contributed by atoms with Crippen molar-refractivity contribution in [3.8, 4) is 11.5 Å². The lowest BCUT2D eigenvalue weighted by molar-refractivity contribution is -0.125. The summed E-state index contributed by atoms with van der Waals surface area (Å²) in [6, 6.07) is 13.5. The Morgan fingerprint density at radius 1 is 1.13 bits per heavy atom. The third kappa shape index (κ3) is 2.54. The molecule has 1 atom stereocenters. The van der Waals surface area contributed by atoms with Crippen LogP contribution in [-0.2, 0) is 4.79 Å². The van der Waals surface area contributed by atoms with Gasteiger partial charge >= 0.3 is 0 Å². The van der Waals surface area contributed by atoms with Gasteiger partial charge in [-0.05, 0) is 31.4 Å². The second-order valence-corrected chi connectivity index (χ2v) is 7.81. The summed E-state index contributed by atoms with van der Waals surface area (Å²) in [4.78, 5) is 28.6. The number of fused-ring (bicyclic) bond motifs is 1. The van der Waals surface area contributed by atoms with Crippen molar-refractivity contribution in [2.24, 2.45) is 4.99 Å². The van der Waals surface area contributed by atoms with Crippen LogP contribution in [0.15, 0.2) is 47.5 Å². The molecule has 1 spiro atoms. The molecule has 2 fully saturated rings. The van der Waals surface area contributed by atoms with Crippen molar-refractivity contribution < 1.29 is 14.3 Å². The summed E-state index contributed by atoms with van der Waals surface area (Å²) in [5.41, 5.74) is 2.01. The Balaban J connectivity index is 1.67. The lowest BCUT2D eigenvalue weighted by atomic mass is 9.72. The molecule has 0 amide bonds. The number of anilines is 1. The number of benzene rings is 2. The number of nitrogens with one attached hydrogen (secondary N) is 1. The Labute approximate surface area is 174 Å². The second kappa shape index (κ2) is 6.86. The van der Waals surface area contributed by atoms with Crippen molar-refractivity contribution in [2.75, 3.05) is 26.2 Å². The summed E-state index contributed by atoms with van der Waals surface area (Å²) in [6.07, 6.45) is 2.59. The molecular weight excluding hydrogens is 380 g/mol. The van der Waals surface area contributed by atoms with Gasteiger partial charge in [-0.1, -0.05) is 12.1 Å². The molecule has 7 nitrogen and oxygen atoms in total. The van der Waals surface area contributed by atoms with Gasteiger partial charge < -0.3 is 19.4 Å². The quantitative estimate of drug-likeness (QED) is 0.717. The first-order chi connectivity index (χ1) is 14.6. The molecular formula is C23H24N4O3. The highest BCUT2D eigenvalue weighted by molar-refractivity contribution is 6.27. The minimum Gasteiger partial charge on any atom is -0.497 e. The number of hydrogen-bond acceptors (Lipinski definition) is 5. The van der Waals surface area contributed by atoms with Gasteiger partial charge in [0.1, 0.15) is 34.6 Å². The zero-order chi connectivity index (χ0) is 20.9. The van der Waals surface area contributed by atoms with Crippen LogP contribution in [0.4, 0.5) is 5.69 Å². The van der Waals surface area contributed by atoms with Crippen molar-refractivity contribution in [3.05, 3.63) is 48.3 Å². The summed E-state index contributed by atoms with van der Waals surface area (Å²) < 4.78 is 10.9. The van der Waals surface area contributed by atoms with Crippen LogP contribution in [0, 0.1) is 0 Å². The van der Waals surface area contributed by atoms with Gasteiger partial charge in [-0.25, -0.2) is 4.98 Å². The number of methoxy groups -OCH3 is 2. The molecule has 1 N–H and O–H groups in total. The number of nitrogens with zero attached hydrogens (tertiary/aromatic N) is 3. The molecule has 3 aromatic rings. The first-order valence-corrected chi connectivity index (χ1v) is 10.1. The monoisotopic (exact) mass is 404 g/mol. The SMILES string of the molecule is CN=C1C(c2nc3ccccc3[nH]2)C(=O)C2(CCC2)N1c1cc(OC)cc(OC)c1. The molecule has 154 valence electrons. The van der Waals surface area contributed by atoms with E-state index in [1.807, 2.05) is 42.5 Å². The summed E-state index contributed by atoms with van der Waals surface area (Å²) in [5.74, 6) is 2.32. The Morgan fingerprint density at radius 2 is 1.83 bits per heavy atom. The fraction of sp³-hybridized carbons (Fsp3) is 0.348. The Bertz CT molecular complexity index is 1110. The van der Waals surface area contributed by atoms with Crippen LogP contribution in [-0.4, -0.2) is 48.4 Å². The van der Waals surface area contributed by atoms with E-state index in [2.05, 4.69) is 14.9 Å². The van der Waals surface area contributed by atoms with E-state index in [0.717, 1.165) is 36.0 Å². The molecule has 2 aliphatic rings. The van der Waals surface area contributed by atoms with Crippen LogP contribution in [0.1, 0.15) is 31.0 Å². The molecule has 7 heteroatoms. The first kappa shape index (κ1) is 18.7. The highest BCUT2D eigenvalue weighted by Crippen LogP contribution is 2.51. The highest BCUT2D eigenvalue weighted by atomic mass is 16.5. The molecule has 1 aromatic heterocycles. The molecule has 1 saturated carbocycles. The fourth-order valence-corrected chi connectivity index (χ4v) is 4.71. The summed E-state index contributed by atoms with van der Waals surface area (Å²) in [5, 5.41) is 0. The highest BCUT2D eigenvalue weighted by Gasteiger charge is 2.61. The number of aromatic nitrogens is 2. The normalized spacial score (nSPS) is 21.4. The number of carbonyl (C=O) groups excluding carboxylic acids is 1. The Kier molecular flexibility index (Phi) is 4.27. The standard InChI is InChI=1S/C23H24N4O3/c1-24-22-19(21-25-17-7-4-5-8-18(17)26-21)20(28)23(9-6-10-23)27(22)14-11-15(29-2)13-16(12-14)30-3/h4-5,7-8,11-13,19H,6,9-10H2,1-3H3,(H,25,26). The summed E-state index contributed by atoms with van der Waals surface area (Å²) >= 11 is 0. The van der Waals surface area contributed by atoms with Crippen LogP contribution >= 0.6 is 0 Å². The maximum atomic E-state index is 13.8. The zero-order valence-corrected chi connectivity index (χ0v) is 17.3. The molecule has 0 radical (unpaired) electrons. The zero-order valence-electron chi connectivity index (χ0n) is 17.3. The maximum Gasteiger partial charge on any atom is 0.176 e. The van der Waals surface area contributed by atoms with Gasteiger partial charge in [0.05, 0.1) is 30.9 Å². The topological polar surface area (TPSA) is 79.8 Å². The number of aromatic amines is 1. The van der Waals surface area contributed by atoms with Crippen molar-refractivity contribution >= 4 is 28.3 Å². The van der Waals surface area contributed by atoms with Crippen LogP contribution in [0.25, 0.3) is 11.0 Å². The van der Waals surface area contributed by atoms with E-state index in [1.54, 1.807) is 21.3 Å². The lowest BCUT2D eigenvalue weighted by Crippen LogP contribution is -2.55. The second-order valence-electron chi connectivity index (χ2n) is 7.81. The van der Waals surface area contributed by atoms with Gasteiger partial charge in [0.15, 0.2) is 5.78 Å². The predicted molar refractivity (Wildman–Crippen MR) is 116 cm³/mol. The van der Waals surface area contributed by atoms with Crippen molar-refractivity contribution in [1.82, 2.24) is 9.97 Å². The third-order valence-electron chi connectivity index (χ3n) is 6.32. The van der Waals surface area contributed by atoms with Crippen LogP contribution in [0.5, 0.6) is 11.5 Å². The minimum atomic E-state index is -0.601. The van der Waals surface area contributed by atoms with E-state index < -0.39 is 11.5 Å². The van der Waals surface area contributed by atoms with Crippen molar-refractivity contribution in [2.45, 2.75) is 30.7 Å². The minimum absolute atomic E-state index is 0.148. The van der Waals surface area contributed by atoms with E-state index in [9.17, 15) is 4.79 Å². The number of ketones is 1. The number of hydrogen-bond donors (Lipinski definition) is 1. The van der Waals surface area contributed by atoms with Gasteiger partial charge in [0.2, 0.25) is 0 Å². The summed E-state index contributed by atoms with van der Waals surface area (Å²) in [6.45, 7) is 0. The average molecular weight is 404 g/mol. The number of imidazole rings is 1. The smallest absolute Gasteiger partial charge is 0.176 e. The average Bonchev–Trinajstić information content (AvgIpc) is 3.28. The third-order valence-corrected chi connectivity index (χ3v) is 6.32. The Hall–Kier alpha value is -3.35. The number of para-hydroxylation sites is 2. The number of aliphatic imine (C=N–C) groups is 1. The predicted octanol–water partition coefficient (Wildman–Crippen LogP) is 3.70. The molecule has 5 rings (SSSR count). The van der Waals surface area contributed by atoms with Crippen molar-refractivity contribution in [1.29, 1.82) is 0 Å². The van der Waals surface area contributed by atoms with Gasteiger partial charge in [0.25, 0.3) is 0 Å². The lowest BCUT2D eigenvalue weighted by Gasteiger charge is -2.44. The van der Waals surface area contributed by atoms with Crippen LogP contribution in [0.3, 0.4) is 0 Å². The van der Waals surface area contributed by atoms with Gasteiger partial charge in [0, 0.05) is 25.2 Å². The van der Waals surface area contributed by atoms with E-state index >= 15 is 0 Å². The number of amidine groups is 1. The first-order valence-electron chi connectivity index (χ1n) is 10.1. The van der Waals surface area contributed by atoms with E-state index in [4.69, 9.17) is 14.5 Å². The molecule has 30 heavy (non-hydrogen) atoms. The molecule has 2 aromatic carbocycles. The number of Topliss-reactive ketones (excluding diaryl/α,β-unsaturated/α-hetero) is 1. The number of rotatable bonds is 4. The number of H-pyrrole nitrogens is 1. The summed E-state index contributed by atoms with van der Waals surface area (Å²) in [7, 11) is 4.98. The molecule has 1 saturated heterocycles. The van der Waals surface area contributed by atoms with Gasteiger partial charge in [-0.2, -0.15) is 0 Å².